The minimum Gasteiger partial charge on any atom is -0.496 e. The number of nitrogens with zero attached hydrogens (tertiary/aromatic N) is 1. The lowest BCUT2D eigenvalue weighted by Gasteiger charge is -2.12. The summed E-state index contributed by atoms with van der Waals surface area (Å²) >= 11 is 3.45. The van der Waals surface area contributed by atoms with Crippen molar-refractivity contribution in [2.24, 2.45) is 0 Å². The maximum atomic E-state index is 13.0. The quantitative estimate of drug-likeness (QED) is 0.264. The number of halogens is 1. The number of fused-ring (bicyclic) bond motifs is 1. The number of amides is 1. The minimum absolute atomic E-state index is 0.263. The number of methoxy groups -OCH3 is 1. The Morgan fingerprint density at radius 1 is 0.912 bits per heavy atom. The first-order valence-electron chi connectivity index (χ1n) is 10.7. The number of hydrogen-bond acceptors (Lipinski definition) is 4. The van der Waals surface area contributed by atoms with Crippen molar-refractivity contribution in [1.29, 1.82) is 0 Å². The van der Waals surface area contributed by atoms with E-state index in [1.807, 2.05) is 49.4 Å². The Hall–Kier alpha value is -3.90. The van der Waals surface area contributed by atoms with Crippen molar-refractivity contribution >= 4 is 38.6 Å². The fraction of sp³-hybridized carbons (Fsp3) is 0.0714. The van der Waals surface area contributed by atoms with E-state index in [9.17, 15) is 4.79 Å². The van der Waals surface area contributed by atoms with Crippen LogP contribution in [-0.2, 0) is 0 Å². The zero-order valence-electron chi connectivity index (χ0n) is 18.6. The summed E-state index contributed by atoms with van der Waals surface area (Å²) in [5.74, 6) is 0.813. The van der Waals surface area contributed by atoms with Gasteiger partial charge in [-0.1, -0.05) is 58.4 Å². The number of ether oxygens (including phenoxy) is 1. The van der Waals surface area contributed by atoms with E-state index in [0.717, 1.165) is 26.7 Å². The van der Waals surface area contributed by atoms with Crippen LogP contribution in [0.5, 0.6) is 5.75 Å². The molecule has 34 heavy (non-hydrogen) atoms. The van der Waals surface area contributed by atoms with E-state index >= 15 is 0 Å². The van der Waals surface area contributed by atoms with Crippen LogP contribution in [0.4, 0.5) is 5.69 Å². The first-order valence-corrected chi connectivity index (χ1v) is 11.5. The number of oxazole rings is 1. The first-order chi connectivity index (χ1) is 16.5. The number of rotatable bonds is 5. The Morgan fingerprint density at radius 2 is 1.62 bits per heavy atom. The molecule has 0 saturated heterocycles. The van der Waals surface area contributed by atoms with Crippen LogP contribution < -0.4 is 10.1 Å². The molecule has 0 atom stereocenters. The lowest BCUT2D eigenvalue weighted by molar-refractivity contribution is 0.102. The number of aryl methyl sites for hydroxylation is 1. The van der Waals surface area contributed by atoms with Gasteiger partial charge in [0.1, 0.15) is 11.3 Å². The average Bonchev–Trinajstić information content (AvgIpc) is 3.28. The Bertz CT molecular complexity index is 1490. The van der Waals surface area contributed by atoms with Gasteiger partial charge in [0.2, 0.25) is 5.89 Å². The second-order valence-corrected chi connectivity index (χ2v) is 8.82. The predicted molar refractivity (Wildman–Crippen MR) is 138 cm³/mol. The van der Waals surface area contributed by atoms with Crippen LogP contribution in [0.2, 0.25) is 0 Å². The molecule has 1 amide bonds. The molecule has 6 heteroatoms. The van der Waals surface area contributed by atoms with Gasteiger partial charge in [-0.15, -0.1) is 0 Å². The maximum Gasteiger partial charge on any atom is 0.259 e. The molecule has 0 saturated carbocycles. The molecule has 5 aromatic rings. The molecule has 0 bridgehead atoms. The Kier molecular flexibility index (Phi) is 5.90. The Morgan fingerprint density at radius 3 is 2.35 bits per heavy atom. The van der Waals surface area contributed by atoms with Gasteiger partial charge in [0, 0.05) is 15.7 Å². The van der Waals surface area contributed by atoms with Gasteiger partial charge >= 0.3 is 0 Å². The zero-order valence-corrected chi connectivity index (χ0v) is 20.2. The average molecular weight is 513 g/mol. The molecule has 0 aliphatic carbocycles. The van der Waals surface area contributed by atoms with E-state index in [1.54, 1.807) is 25.3 Å². The van der Waals surface area contributed by atoms with Crippen LogP contribution in [0.1, 0.15) is 15.9 Å². The van der Waals surface area contributed by atoms with Crippen molar-refractivity contribution in [2.45, 2.75) is 6.92 Å². The van der Waals surface area contributed by atoms with Crippen LogP contribution in [0.3, 0.4) is 0 Å². The molecule has 0 fully saturated rings. The smallest absolute Gasteiger partial charge is 0.259 e. The summed E-state index contributed by atoms with van der Waals surface area (Å²) in [5.41, 5.74) is 6.43. The number of nitrogens with one attached hydrogen (secondary N) is 1. The molecule has 0 radical (unpaired) electrons. The van der Waals surface area contributed by atoms with E-state index in [-0.39, 0.29) is 5.91 Å². The molecule has 0 unspecified atom stereocenters. The van der Waals surface area contributed by atoms with Gasteiger partial charge in [-0.2, -0.15) is 0 Å². The predicted octanol–water partition coefficient (Wildman–Crippen LogP) is 7.49. The lowest BCUT2D eigenvalue weighted by atomic mass is 10.0. The number of hydrogen-bond donors (Lipinski definition) is 1. The van der Waals surface area contributed by atoms with Crippen molar-refractivity contribution in [1.82, 2.24) is 4.98 Å². The number of aromatic nitrogens is 1. The van der Waals surface area contributed by atoms with E-state index in [0.29, 0.717) is 34.0 Å². The highest BCUT2D eigenvalue weighted by molar-refractivity contribution is 9.10. The third kappa shape index (κ3) is 4.32. The second kappa shape index (κ2) is 9.15. The van der Waals surface area contributed by atoms with Crippen LogP contribution in [0, 0.1) is 6.92 Å². The van der Waals surface area contributed by atoms with Gasteiger partial charge in [-0.05, 0) is 66.1 Å². The fourth-order valence-electron chi connectivity index (χ4n) is 3.93. The van der Waals surface area contributed by atoms with Crippen molar-refractivity contribution in [3.8, 4) is 28.3 Å². The van der Waals surface area contributed by atoms with Gasteiger partial charge in [-0.3, -0.25) is 4.79 Å². The summed E-state index contributed by atoms with van der Waals surface area (Å²) in [6, 6.07) is 27.4. The summed E-state index contributed by atoms with van der Waals surface area (Å²) < 4.78 is 12.2. The van der Waals surface area contributed by atoms with Crippen molar-refractivity contribution < 1.29 is 13.9 Å². The maximum absolute atomic E-state index is 13.0. The number of carbonyl (C=O) groups excluding carboxylic acids is 1. The number of anilines is 1. The molecule has 0 aliphatic rings. The molecule has 0 spiro atoms. The third-order valence-electron chi connectivity index (χ3n) is 5.57. The normalized spacial score (nSPS) is 10.9. The van der Waals surface area contributed by atoms with Crippen LogP contribution in [0.25, 0.3) is 33.7 Å². The molecular formula is C28H21BrN2O3. The van der Waals surface area contributed by atoms with E-state index in [2.05, 4.69) is 50.5 Å². The van der Waals surface area contributed by atoms with Gasteiger partial charge < -0.3 is 14.5 Å². The van der Waals surface area contributed by atoms with E-state index in [4.69, 9.17) is 9.15 Å². The largest absolute Gasteiger partial charge is 0.496 e. The van der Waals surface area contributed by atoms with Crippen molar-refractivity contribution in [2.75, 3.05) is 12.4 Å². The molecule has 5 nitrogen and oxygen atoms in total. The molecule has 4 aromatic carbocycles. The van der Waals surface area contributed by atoms with E-state index < -0.39 is 0 Å². The summed E-state index contributed by atoms with van der Waals surface area (Å²) in [4.78, 5) is 17.6. The fourth-order valence-corrected chi connectivity index (χ4v) is 4.50. The van der Waals surface area contributed by atoms with Crippen LogP contribution in [0.15, 0.2) is 93.8 Å². The van der Waals surface area contributed by atoms with Gasteiger partial charge in [0.25, 0.3) is 5.91 Å². The highest BCUT2D eigenvalue weighted by Gasteiger charge is 2.17. The standard InChI is InChI=1S/C28H21BrN2O3/c1-17-14-21(29)15-23(26(17)33-2)27(32)30-22-12-13-25-24(16-22)31-28(34-25)20-10-8-19(9-11-20)18-6-4-3-5-7-18/h3-16H,1-2H3,(H,30,32). The monoisotopic (exact) mass is 512 g/mol. The van der Waals surface area contributed by atoms with E-state index in [1.165, 1.54) is 0 Å². The minimum atomic E-state index is -0.263. The summed E-state index contributed by atoms with van der Waals surface area (Å²) in [6.07, 6.45) is 0. The molecule has 0 aliphatic heterocycles. The molecule has 1 aromatic heterocycles. The topological polar surface area (TPSA) is 64.4 Å². The highest BCUT2D eigenvalue weighted by atomic mass is 79.9. The van der Waals surface area contributed by atoms with Crippen molar-refractivity contribution in [3.63, 3.8) is 0 Å². The lowest BCUT2D eigenvalue weighted by Crippen LogP contribution is -2.13. The molecule has 1 N–H and O–H groups in total. The third-order valence-corrected chi connectivity index (χ3v) is 6.03. The van der Waals surface area contributed by atoms with Crippen molar-refractivity contribution in [3.05, 3.63) is 101 Å². The first kappa shape index (κ1) is 21.9. The summed E-state index contributed by atoms with van der Waals surface area (Å²) in [5, 5.41) is 2.93. The second-order valence-electron chi connectivity index (χ2n) is 7.90. The molecule has 5 rings (SSSR count). The van der Waals surface area contributed by atoms with Crippen LogP contribution in [-0.4, -0.2) is 18.0 Å². The van der Waals surface area contributed by atoms with Gasteiger partial charge in [-0.25, -0.2) is 4.98 Å². The Labute approximate surface area is 205 Å². The van der Waals surface area contributed by atoms with Crippen LogP contribution >= 0.6 is 15.9 Å². The van der Waals surface area contributed by atoms with Gasteiger partial charge in [0.05, 0.1) is 12.7 Å². The number of benzene rings is 4. The SMILES string of the molecule is COc1c(C)cc(Br)cc1C(=O)Nc1ccc2oc(-c3ccc(-c4ccccc4)cc3)nc2c1. The number of carbonyl (C=O) groups is 1. The zero-order chi connectivity index (χ0) is 23.7. The Balaban J connectivity index is 1.40. The highest BCUT2D eigenvalue weighted by Crippen LogP contribution is 2.31. The summed E-state index contributed by atoms with van der Waals surface area (Å²) in [7, 11) is 1.56. The molecule has 1 heterocycles. The molecular weight excluding hydrogens is 492 g/mol. The molecule has 168 valence electrons. The van der Waals surface area contributed by atoms with Gasteiger partial charge in [0.15, 0.2) is 5.58 Å². The summed E-state index contributed by atoms with van der Waals surface area (Å²) in [6.45, 7) is 1.90.